The second-order valence-electron chi connectivity index (χ2n) is 5.58. The summed E-state index contributed by atoms with van der Waals surface area (Å²) in [5.74, 6) is 0.844. The Kier molecular flexibility index (Phi) is 5.00. The molecule has 5 heteroatoms. The third-order valence-electron chi connectivity index (χ3n) is 3.86. The summed E-state index contributed by atoms with van der Waals surface area (Å²) >= 11 is 0. The summed E-state index contributed by atoms with van der Waals surface area (Å²) in [6, 6.07) is 14.8. The van der Waals surface area contributed by atoms with Crippen molar-refractivity contribution in [3.63, 3.8) is 0 Å². The molecule has 1 aliphatic rings. The number of rotatable bonds is 4. The number of hydrogen-bond acceptors (Lipinski definition) is 4. The van der Waals surface area contributed by atoms with Crippen LogP contribution in [-0.2, 0) is 11.2 Å². The fourth-order valence-corrected chi connectivity index (χ4v) is 2.49. The summed E-state index contributed by atoms with van der Waals surface area (Å²) in [4.78, 5) is 12.3. The minimum absolute atomic E-state index is 0.0243. The Morgan fingerprint density at radius 3 is 2.56 bits per heavy atom. The highest BCUT2D eigenvalue weighted by Crippen LogP contribution is 2.31. The van der Waals surface area contributed by atoms with Gasteiger partial charge in [-0.2, -0.15) is 5.26 Å². The van der Waals surface area contributed by atoms with E-state index in [1.165, 1.54) is 11.6 Å². The van der Waals surface area contributed by atoms with E-state index in [9.17, 15) is 10.1 Å². The second-order valence-corrected chi connectivity index (χ2v) is 5.58. The van der Waals surface area contributed by atoms with Crippen molar-refractivity contribution in [2.75, 3.05) is 18.5 Å². The first-order valence-corrected chi connectivity index (χ1v) is 8.11. The smallest absolute Gasteiger partial charge is 0.266 e. The molecule has 1 amide bonds. The zero-order valence-corrected chi connectivity index (χ0v) is 13.9. The fourth-order valence-electron chi connectivity index (χ4n) is 2.49. The van der Waals surface area contributed by atoms with Gasteiger partial charge in [0.1, 0.15) is 24.9 Å². The third-order valence-corrected chi connectivity index (χ3v) is 3.86. The molecule has 0 saturated carbocycles. The van der Waals surface area contributed by atoms with Gasteiger partial charge in [-0.3, -0.25) is 4.79 Å². The molecule has 2 aromatic carbocycles. The lowest BCUT2D eigenvalue weighted by molar-refractivity contribution is -0.112. The summed E-state index contributed by atoms with van der Waals surface area (Å²) in [6.07, 6.45) is 2.47. The summed E-state index contributed by atoms with van der Waals surface area (Å²) in [5.41, 5.74) is 2.57. The van der Waals surface area contributed by atoms with E-state index in [2.05, 4.69) is 12.2 Å². The quantitative estimate of drug-likeness (QED) is 0.685. The predicted octanol–water partition coefficient (Wildman–Crippen LogP) is 3.57. The number of ether oxygens (including phenoxy) is 2. The maximum atomic E-state index is 12.3. The van der Waals surface area contributed by atoms with Gasteiger partial charge in [-0.25, -0.2) is 0 Å². The lowest BCUT2D eigenvalue weighted by atomic mass is 10.1. The molecule has 126 valence electrons. The topological polar surface area (TPSA) is 71.4 Å². The molecule has 0 aromatic heterocycles. The van der Waals surface area contributed by atoms with E-state index < -0.39 is 5.91 Å². The van der Waals surface area contributed by atoms with Gasteiger partial charge in [0.15, 0.2) is 11.5 Å². The first-order chi connectivity index (χ1) is 12.2. The number of hydrogen-bond donors (Lipinski definition) is 1. The Morgan fingerprint density at radius 2 is 1.88 bits per heavy atom. The average molecular weight is 334 g/mol. The highest BCUT2D eigenvalue weighted by molar-refractivity contribution is 6.09. The van der Waals surface area contributed by atoms with E-state index in [1.807, 2.05) is 30.3 Å². The van der Waals surface area contributed by atoms with Crippen LogP contribution in [0.2, 0.25) is 0 Å². The summed E-state index contributed by atoms with van der Waals surface area (Å²) in [7, 11) is 0. The Bertz CT molecular complexity index is 848. The van der Waals surface area contributed by atoms with Gasteiger partial charge >= 0.3 is 0 Å². The molecular weight excluding hydrogens is 316 g/mol. The summed E-state index contributed by atoms with van der Waals surface area (Å²) in [5, 5.41) is 12.1. The van der Waals surface area contributed by atoms with E-state index in [1.54, 1.807) is 18.2 Å². The molecule has 0 radical (unpaired) electrons. The third kappa shape index (κ3) is 3.99. The summed E-state index contributed by atoms with van der Waals surface area (Å²) < 4.78 is 11.0. The first-order valence-electron chi connectivity index (χ1n) is 8.11. The summed E-state index contributed by atoms with van der Waals surface area (Å²) in [6.45, 7) is 3.07. The van der Waals surface area contributed by atoms with E-state index in [0.717, 1.165) is 6.42 Å². The number of fused-ring (bicyclic) bond motifs is 1. The molecule has 0 unspecified atom stereocenters. The average Bonchev–Trinajstić information content (AvgIpc) is 2.66. The van der Waals surface area contributed by atoms with E-state index in [-0.39, 0.29) is 5.57 Å². The number of benzene rings is 2. The molecular formula is C20H18N2O3. The molecule has 0 bridgehead atoms. The van der Waals surface area contributed by atoms with Crippen molar-refractivity contribution in [3.8, 4) is 17.6 Å². The number of aryl methyl sites for hydroxylation is 1. The SMILES string of the molecule is CCc1ccc(NC(=O)/C(C#N)=C/c2ccc3c(c2)OCCO3)cc1. The van der Waals surface area contributed by atoms with Crippen molar-refractivity contribution in [1.29, 1.82) is 5.26 Å². The van der Waals surface area contributed by atoms with Crippen LogP contribution >= 0.6 is 0 Å². The standard InChI is InChI=1S/C20H18N2O3/c1-2-14-3-6-17(7-4-14)22-20(23)16(13-21)11-15-5-8-18-19(12-15)25-10-9-24-18/h3-8,11-12H,2,9-10H2,1H3,(H,22,23)/b16-11+. The van der Waals surface area contributed by atoms with Gasteiger partial charge in [-0.1, -0.05) is 25.1 Å². The Labute approximate surface area is 146 Å². The van der Waals surface area contributed by atoms with Crippen LogP contribution in [-0.4, -0.2) is 19.1 Å². The monoisotopic (exact) mass is 334 g/mol. The molecule has 0 saturated heterocycles. The molecule has 2 aromatic rings. The predicted molar refractivity (Wildman–Crippen MR) is 95.5 cm³/mol. The lowest BCUT2D eigenvalue weighted by Crippen LogP contribution is -2.15. The normalized spacial score (nSPS) is 13.0. The van der Waals surface area contributed by atoms with Gasteiger partial charge in [0, 0.05) is 5.69 Å². The molecule has 0 aliphatic carbocycles. The van der Waals surface area contributed by atoms with Crippen molar-refractivity contribution in [2.24, 2.45) is 0 Å². The van der Waals surface area contributed by atoms with Gasteiger partial charge in [0.05, 0.1) is 0 Å². The zero-order valence-electron chi connectivity index (χ0n) is 13.9. The maximum absolute atomic E-state index is 12.3. The molecule has 5 nitrogen and oxygen atoms in total. The van der Waals surface area contributed by atoms with Crippen LogP contribution in [0.1, 0.15) is 18.1 Å². The fraction of sp³-hybridized carbons (Fsp3) is 0.200. The van der Waals surface area contributed by atoms with Crippen LogP contribution in [0.3, 0.4) is 0 Å². The lowest BCUT2D eigenvalue weighted by Gasteiger charge is -2.18. The second kappa shape index (κ2) is 7.54. The Morgan fingerprint density at radius 1 is 1.16 bits per heavy atom. The molecule has 0 fully saturated rings. The number of nitrogens with zero attached hydrogens (tertiary/aromatic N) is 1. The highest BCUT2D eigenvalue weighted by Gasteiger charge is 2.13. The van der Waals surface area contributed by atoms with E-state index >= 15 is 0 Å². The molecule has 1 heterocycles. The van der Waals surface area contributed by atoms with Gasteiger partial charge in [-0.15, -0.1) is 0 Å². The molecule has 3 rings (SSSR count). The van der Waals surface area contributed by atoms with Crippen LogP contribution in [0.25, 0.3) is 6.08 Å². The van der Waals surface area contributed by atoms with Crippen LogP contribution in [0, 0.1) is 11.3 Å². The van der Waals surface area contributed by atoms with Gasteiger partial charge in [0.2, 0.25) is 0 Å². The van der Waals surface area contributed by atoms with Crippen LogP contribution < -0.4 is 14.8 Å². The van der Waals surface area contributed by atoms with Crippen molar-refractivity contribution in [1.82, 2.24) is 0 Å². The van der Waals surface area contributed by atoms with E-state index in [0.29, 0.717) is 36.0 Å². The highest BCUT2D eigenvalue weighted by atomic mass is 16.6. The molecule has 1 aliphatic heterocycles. The minimum Gasteiger partial charge on any atom is -0.486 e. The molecule has 25 heavy (non-hydrogen) atoms. The number of nitriles is 1. The molecule has 0 spiro atoms. The number of anilines is 1. The number of nitrogens with one attached hydrogen (secondary N) is 1. The van der Waals surface area contributed by atoms with Crippen LogP contribution in [0.4, 0.5) is 5.69 Å². The van der Waals surface area contributed by atoms with E-state index in [4.69, 9.17) is 9.47 Å². The number of carbonyl (C=O) groups excluding carboxylic acids is 1. The number of carbonyl (C=O) groups is 1. The number of amides is 1. The first kappa shape index (κ1) is 16.6. The maximum Gasteiger partial charge on any atom is 0.266 e. The van der Waals surface area contributed by atoms with Crippen molar-refractivity contribution in [3.05, 3.63) is 59.2 Å². The molecule has 1 N–H and O–H groups in total. The Hall–Kier alpha value is -3.26. The molecule has 0 atom stereocenters. The van der Waals surface area contributed by atoms with Crippen molar-refractivity contribution in [2.45, 2.75) is 13.3 Å². The zero-order chi connectivity index (χ0) is 17.6. The van der Waals surface area contributed by atoms with Crippen molar-refractivity contribution < 1.29 is 14.3 Å². The Balaban J connectivity index is 1.77. The van der Waals surface area contributed by atoms with Crippen LogP contribution in [0.15, 0.2) is 48.0 Å². The van der Waals surface area contributed by atoms with Gasteiger partial charge in [0.25, 0.3) is 5.91 Å². The minimum atomic E-state index is -0.443. The largest absolute Gasteiger partial charge is 0.486 e. The van der Waals surface area contributed by atoms with Crippen LogP contribution in [0.5, 0.6) is 11.5 Å². The van der Waals surface area contributed by atoms with Crippen molar-refractivity contribution >= 4 is 17.7 Å². The van der Waals surface area contributed by atoms with Gasteiger partial charge < -0.3 is 14.8 Å². The van der Waals surface area contributed by atoms with Gasteiger partial charge in [-0.05, 0) is 47.9 Å².